The van der Waals surface area contributed by atoms with E-state index < -0.39 is 10.0 Å². The van der Waals surface area contributed by atoms with Gasteiger partial charge in [-0.25, -0.2) is 12.4 Å². The number of carbonyl (C=O) groups is 1. The van der Waals surface area contributed by atoms with Crippen molar-refractivity contribution in [3.63, 3.8) is 0 Å². The molecule has 0 aliphatic carbocycles. The van der Waals surface area contributed by atoms with Crippen molar-refractivity contribution in [2.45, 2.75) is 18.2 Å². The van der Waals surface area contributed by atoms with E-state index in [2.05, 4.69) is 15.9 Å². The van der Waals surface area contributed by atoms with Gasteiger partial charge in [-0.05, 0) is 25.1 Å². The van der Waals surface area contributed by atoms with Crippen molar-refractivity contribution in [1.29, 1.82) is 0 Å². The van der Waals surface area contributed by atoms with Gasteiger partial charge >= 0.3 is 0 Å². The lowest BCUT2D eigenvalue weighted by molar-refractivity contribution is 0.0990. The normalized spacial score (nSPS) is 11.5. The Bertz CT molecular complexity index is 717. The van der Waals surface area contributed by atoms with Gasteiger partial charge in [0.15, 0.2) is 5.78 Å². The Labute approximate surface area is 126 Å². The zero-order valence-corrected chi connectivity index (χ0v) is 13.3. The zero-order chi connectivity index (χ0) is 14.8. The van der Waals surface area contributed by atoms with Crippen LogP contribution in [0.25, 0.3) is 0 Å². The number of nitrogens with zero attached hydrogens (tertiary/aromatic N) is 1. The molecule has 0 amide bonds. The SMILES string of the molecule is Cc1ccc(S(=O)(=O)n2ccc(C(=O)CCBr)c2)cc1. The van der Waals surface area contributed by atoms with Gasteiger partial charge < -0.3 is 0 Å². The lowest BCUT2D eigenvalue weighted by atomic mass is 10.2. The molecule has 0 aliphatic rings. The minimum atomic E-state index is -3.63. The van der Waals surface area contributed by atoms with E-state index in [0.29, 0.717) is 17.3 Å². The highest BCUT2D eigenvalue weighted by atomic mass is 79.9. The van der Waals surface area contributed by atoms with E-state index in [1.165, 1.54) is 18.5 Å². The van der Waals surface area contributed by atoms with Gasteiger partial charge in [0.05, 0.1) is 4.90 Å². The maximum atomic E-state index is 12.4. The quantitative estimate of drug-likeness (QED) is 0.611. The molecule has 2 rings (SSSR count). The van der Waals surface area contributed by atoms with E-state index in [4.69, 9.17) is 0 Å². The highest BCUT2D eigenvalue weighted by Crippen LogP contribution is 2.16. The third kappa shape index (κ3) is 3.02. The van der Waals surface area contributed by atoms with Crippen LogP contribution in [0, 0.1) is 6.92 Å². The number of hydrogen-bond donors (Lipinski definition) is 0. The number of carbonyl (C=O) groups excluding carboxylic acids is 1. The van der Waals surface area contributed by atoms with E-state index in [-0.39, 0.29) is 10.7 Å². The highest BCUT2D eigenvalue weighted by molar-refractivity contribution is 9.09. The second kappa shape index (κ2) is 5.93. The average Bonchev–Trinajstić information content (AvgIpc) is 2.90. The van der Waals surface area contributed by atoms with Crippen LogP contribution >= 0.6 is 15.9 Å². The summed E-state index contributed by atoms with van der Waals surface area (Å²) in [4.78, 5) is 11.9. The molecule has 6 heteroatoms. The monoisotopic (exact) mass is 355 g/mol. The number of benzene rings is 1. The second-order valence-corrected chi connectivity index (χ2v) is 7.05. The van der Waals surface area contributed by atoms with Gasteiger partial charge in [-0.3, -0.25) is 4.79 Å². The predicted octanol–water partition coefficient (Wildman–Crippen LogP) is 3.00. The first-order valence-electron chi connectivity index (χ1n) is 6.04. The molecule has 20 heavy (non-hydrogen) atoms. The van der Waals surface area contributed by atoms with Crippen molar-refractivity contribution in [2.75, 3.05) is 5.33 Å². The Balaban J connectivity index is 2.35. The number of aryl methyl sites for hydroxylation is 1. The van der Waals surface area contributed by atoms with Crippen molar-refractivity contribution in [1.82, 2.24) is 3.97 Å². The number of halogens is 1. The summed E-state index contributed by atoms with van der Waals surface area (Å²) in [6.45, 7) is 1.89. The topological polar surface area (TPSA) is 56.1 Å². The summed E-state index contributed by atoms with van der Waals surface area (Å²) in [5.74, 6) is -0.0836. The zero-order valence-electron chi connectivity index (χ0n) is 10.9. The molecule has 0 saturated carbocycles. The summed E-state index contributed by atoms with van der Waals surface area (Å²) in [6.07, 6.45) is 3.10. The first-order valence-corrected chi connectivity index (χ1v) is 8.60. The molecular formula is C14H14BrNO3S. The molecule has 0 aliphatic heterocycles. The molecule has 0 fully saturated rings. The van der Waals surface area contributed by atoms with E-state index in [0.717, 1.165) is 9.54 Å². The van der Waals surface area contributed by atoms with Gasteiger partial charge in [0.2, 0.25) is 0 Å². The van der Waals surface area contributed by atoms with Crippen LogP contribution in [0.2, 0.25) is 0 Å². The number of hydrogen-bond acceptors (Lipinski definition) is 3. The van der Waals surface area contributed by atoms with Crippen LogP contribution in [-0.4, -0.2) is 23.5 Å². The van der Waals surface area contributed by atoms with Crippen molar-refractivity contribution < 1.29 is 13.2 Å². The minimum Gasteiger partial charge on any atom is -0.294 e. The molecule has 4 nitrogen and oxygen atoms in total. The van der Waals surface area contributed by atoms with Gasteiger partial charge in [-0.15, -0.1) is 0 Å². The highest BCUT2D eigenvalue weighted by Gasteiger charge is 2.18. The first-order chi connectivity index (χ1) is 9.45. The molecule has 1 aromatic carbocycles. The fraction of sp³-hybridized carbons (Fsp3) is 0.214. The molecule has 0 bridgehead atoms. The Morgan fingerprint density at radius 2 is 1.85 bits per heavy atom. The molecule has 0 saturated heterocycles. The summed E-state index contributed by atoms with van der Waals surface area (Å²) >= 11 is 3.19. The Morgan fingerprint density at radius 1 is 1.20 bits per heavy atom. The summed E-state index contributed by atoms with van der Waals surface area (Å²) in [5.41, 5.74) is 1.39. The third-order valence-electron chi connectivity index (χ3n) is 2.91. The van der Waals surface area contributed by atoms with Crippen molar-refractivity contribution in [3.8, 4) is 0 Å². The largest absolute Gasteiger partial charge is 0.294 e. The molecular weight excluding hydrogens is 342 g/mol. The number of alkyl halides is 1. The van der Waals surface area contributed by atoms with Crippen LogP contribution in [0.15, 0.2) is 47.6 Å². The van der Waals surface area contributed by atoms with E-state index in [9.17, 15) is 13.2 Å². The fourth-order valence-electron chi connectivity index (χ4n) is 1.75. The van der Waals surface area contributed by atoms with Gasteiger partial charge in [-0.2, -0.15) is 0 Å². The summed E-state index contributed by atoms with van der Waals surface area (Å²) < 4.78 is 25.8. The molecule has 0 N–H and O–H groups in total. The molecule has 1 heterocycles. The van der Waals surface area contributed by atoms with Crippen LogP contribution in [0.5, 0.6) is 0 Å². The number of rotatable bonds is 5. The predicted molar refractivity (Wildman–Crippen MR) is 80.9 cm³/mol. The van der Waals surface area contributed by atoms with Crippen LogP contribution in [0.1, 0.15) is 22.3 Å². The van der Waals surface area contributed by atoms with Gasteiger partial charge in [0, 0.05) is 29.7 Å². The Kier molecular flexibility index (Phi) is 4.45. The average molecular weight is 356 g/mol. The molecule has 2 aromatic rings. The third-order valence-corrected chi connectivity index (χ3v) is 4.95. The lowest BCUT2D eigenvalue weighted by Crippen LogP contribution is -2.11. The smallest absolute Gasteiger partial charge is 0.267 e. The summed E-state index contributed by atoms with van der Waals surface area (Å²) in [7, 11) is -3.63. The lowest BCUT2D eigenvalue weighted by Gasteiger charge is -2.05. The van der Waals surface area contributed by atoms with Crippen molar-refractivity contribution >= 4 is 31.7 Å². The molecule has 0 atom stereocenters. The fourth-order valence-corrected chi connectivity index (χ4v) is 3.31. The molecule has 0 spiro atoms. The van der Waals surface area contributed by atoms with Gasteiger partial charge in [0.25, 0.3) is 10.0 Å². The van der Waals surface area contributed by atoms with Crippen LogP contribution < -0.4 is 0 Å². The number of ketones is 1. The van der Waals surface area contributed by atoms with Crippen LogP contribution in [-0.2, 0) is 10.0 Å². The van der Waals surface area contributed by atoms with Gasteiger partial charge in [0.1, 0.15) is 0 Å². The minimum absolute atomic E-state index is 0.0836. The summed E-state index contributed by atoms with van der Waals surface area (Å²) in [5, 5.41) is 0.557. The van der Waals surface area contributed by atoms with E-state index in [1.807, 2.05) is 6.92 Å². The van der Waals surface area contributed by atoms with E-state index in [1.54, 1.807) is 24.3 Å². The molecule has 0 unspecified atom stereocenters. The van der Waals surface area contributed by atoms with Crippen LogP contribution in [0.3, 0.4) is 0 Å². The van der Waals surface area contributed by atoms with Gasteiger partial charge in [-0.1, -0.05) is 33.6 Å². The first kappa shape index (κ1) is 15.0. The van der Waals surface area contributed by atoms with Crippen molar-refractivity contribution in [2.24, 2.45) is 0 Å². The Morgan fingerprint density at radius 3 is 2.45 bits per heavy atom. The summed E-state index contributed by atoms with van der Waals surface area (Å²) in [6, 6.07) is 8.13. The molecule has 106 valence electrons. The maximum absolute atomic E-state index is 12.4. The van der Waals surface area contributed by atoms with Crippen LogP contribution in [0.4, 0.5) is 0 Å². The van der Waals surface area contributed by atoms with E-state index >= 15 is 0 Å². The maximum Gasteiger partial charge on any atom is 0.267 e. The standard InChI is InChI=1S/C14H14BrNO3S/c1-11-2-4-13(5-3-11)20(18,19)16-9-7-12(10-16)14(17)6-8-15/h2-5,7,9-10H,6,8H2,1H3. The number of aromatic nitrogens is 1. The molecule has 0 radical (unpaired) electrons. The molecule has 1 aromatic heterocycles. The second-order valence-electron chi connectivity index (χ2n) is 4.41. The van der Waals surface area contributed by atoms with Crippen molar-refractivity contribution in [3.05, 3.63) is 53.9 Å². The number of Topliss-reactive ketones (excluding diaryl/α,β-unsaturated/α-hetero) is 1. The Hall–Kier alpha value is -1.40.